The molecule has 0 atom stereocenters. The Labute approximate surface area is 215 Å². The van der Waals surface area contributed by atoms with Crippen LogP contribution in [0.5, 0.6) is 5.75 Å². The second-order valence-electron chi connectivity index (χ2n) is 7.24. The summed E-state index contributed by atoms with van der Waals surface area (Å²) in [4.78, 5) is 7.01. The lowest BCUT2D eigenvalue weighted by Gasteiger charge is -2.28. The fraction of sp³-hybridized carbons (Fsp3) is 0.200. The molecule has 1 heterocycles. The number of ether oxygens (including phenoxy) is 2. The van der Waals surface area contributed by atoms with Crippen LogP contribution in [0, 0.1) is 18.5 Å². The van der Waals surface area contributed by atoms with E-state index in [9.17, 15) is 5.26 Å². The molecule has 0 saturated carbocycles. The summed E-state index contributed by atoms with van der Waals surface area (Å²) in [5.41, 5.74) is 4.48. The van der Waals surface area contributed by atoms with E-state index >= 15 is 0 Å². The Bertz CT molecular complexity index is 1150. The molecule has 3 aromatic carbocycles. The zero-order chi connectivity index (χ0) is 22.3. The van der Waals surface area contributed by atoms with Crippen LogP contribution in [0.2, 0.25) is 0 Å². The summed E-state index contributed by atoms with van der Waals surface area (Å²) >= 11 is 4.59. The van der Waals surface area contributed by atoms with Crippen molar-refractivity contribution in [2.24, 2.45) is 4.99 Å². The Morgan fingerprint density at radius 2 is 1.81 bits per heavy atom. The lowest BCUT2D eigenvalue weighted by molar-refractivity contribution is 0.122. The summed E-state index contributed by atoms with van der Waals surface area (Å²) in [5, 5.41) is 9.34. The first-order chi connectivity index (χ1) is 15.6. The van der Waals surface area contributed by atoms with Gasteiger partial charge in [-0.3, -0.25) is 4.99 Å². The van der Waals surface area contributed by atoms with Crippen LogP contribution in [-0.2, 0) is 11.3 Å². The molecule has 162 valence electrons. The number of anilines is 1. The monoisotopic (exact) mass is 649 g/mol. The Hall–Kier alpha value is -2.16. The second kappa shape index (κ2) is 11.1. The molecule has 3 aromatic rings. The number of benzene rings is 3. The van der Waals surface area contributed by atoms with Gasteiger partial charge in [0.05, 0.1) is 34.1 Å². The Kier molecular flexibility index (Phi) is 8.00. The normalized spacial score (nSPS) is 13.8. The highest BCUT2D eigenvalue weighted by atomic mass is 127. The van der Waals surface area contributed by atoms with Crippen molar-refractivity contribution in [2.75, 3.05) is 31.2 Å². The summed E-state index contributed by atoms with van der Waals surface area (Å²) in [7, 11) is 0. The van der Waals surface area contributed by atoms with E-state index < -0.39 is 0 Å². The number of nitriles is 1. The van der Waals surface area contributed by atoms with Gasteiger partial charge >= 0.3 is 0 Å². The molecule has 0 spiro atoms. The largest absolute Gasteiger partial charge is 0.487 e. The predicted molar refractivity (Wildman–Crippen MR) is 144 cm³/mol. The zero-order valence-corrected chi connectivity index (χ0v) is 21.6. The van der Waals surface area contributed by atoms with E-state index in [-0.39, 0.29) is 0 Å². The summed E-state index contributed by atoms with van der Waals surface area (Å²) in [6, 6.07) is 22.1. The van der Waals surface area contributed by atoms with Gasteiger partial charge < -0.3 is 14.4 Å². The molecular formula is C25H21I2N3O2. The van der Waals surface area contributed by atoms with Gasteiger partial charge in [-0.2, -0.15) is 5.26 Å². The third kappa shape index (κ3) is 5.79. The smallest absolute Gasteiger partial charge is 0.141 e. The molecule has 1 aliphatic heterocycles. The van der Waals surface area contributed by atoms with E-state index in [2.05, 4.69) is 85.4 Å². The van der Waals surface area contributed by atoms with Gasteiger partial charge in [0, 0.05) is 39.7 Å². The second-order valence-corrected chi connectivity index (χ2v) is 9.65. The molecule has 0 amide bonds. The first kappa shape index (κ1) is 23.0. The number of halogens is 2. The Balaban J connectivity index is 1.53. The maximum atomic E-state index is 9.34. The number of morpholine rings is 1. The highest BCUT2D eigenvalue weighted by Crippen LogP contribution is 2.29. The third-order valence-corrected chi connectivity index (χ3v) is 6.55. The minimum absolute atomic E-state index is 0.329. The van der Waals surface area contributed by atoms with Crippen molar-refractivity contribution in [1.82, 2.24) is 0 Å². The topological polar surface area (TPSA) is 57.8 Å². The zero-order valence-electron chi connectivity index (χ0n) is 17.3. The van der Waals surface area contributed by atoms with E-state index in [0.717, 1.165) is 56.0 Å². The molecule has 0 aromatic heterocycles. The number of aliphatic imine (C=N–C) groups is 1. The first-order valence-electron chi connectivity index (χ1n) is 10.2. The van der Waals surface area contributed by atoms with Gasteiger partial charge in [0.1, 0.15) is 12.4 Å². The van der Waals surface area contributed by atoms with E-state index in [1.165, 1.54) is 5.69 Å². The lowest BCUT2D eigenvalue weighted by Crippen LogP contribution is -2.36. The van der Waals surface area contributed by atoms with E-state index in [1.54, 1.807) is 6.07 Å². The van der Waals surface area contributed by atoms with E-state index in [0.29, 0.717) is 12.2 Å². The third-order valence-electron chi connectivity index (χ3n) is 5.13. The molecule has 0 unspecified atom stereocenters. The molecule has 1 aliphatic rings. The van der Waals surface area contributed by atoms with Gasteiger partial charge in [-0.15, -0.1) is 0 Å². The van der Waals surface area contributed by atoms with Gasteiger partial charge in [-0.25, -0.2) is 0 Å². The summed E-state index contributed by atoms with van der Waals surface area (Å²) in [5.74, 6) is 0.771. The quantitative estimate of drug-likeness (QED) is 0.246. The van der Waals surface area contributed by atoms with Gasteiger partial charge in [-0.05, 0) is 87.6 Å². The van der Waals surface area contributed by atoms with Crippen LogP contribution in [0.4, 0.5) is 11.4 Å². The van der Waals surface area contributed by atoms with Crippen molar-refractivity contribution in [1.29, 1.82) is 5.26 Å². The Morgan fingerprint density at radius 1 is 1.06 bits per heavy atom. The molecule has 0 radical (unpaired) electrons. The van der Waals surface area contributed by atoms with Crippen molar-refractivity contribution in [3.63, 3.8) is 0 Å². The standard InChI is InChI=1S/C25H21I2N3O2/c26-21-13-20(16-29-22-5-7-23(8-6-22)30-9-11-31-12-10-30)25(24(27)14-21)32-17-19-4-2-1-3-18(19)15-28/h1-8,13-14,16H,9-12,17H2. The number of nitrogens with zero attached hydrogens (tertiary/aromatic N) is 3. The molecule has 0 N–H and O–H groups in total. The van der Waals surface area contributed by atoms with Crippen molar-refractivity contribution in [2.45, 2.75) is 6.61 Å². The average Bonchev–Trinajstić information content (AvgIpc) is 2.83. The van der Waals surface area contributed by atoms with Crippen LogP contribution in [-0.4, -0.2) is 32.5 Å². The summed E-state index contributed by atoms with van der Waals surface area (Å²) in [6.45, 7) is 3.70. The van der Waals surface area contributed by atoms with Crippen LogP contribution < -0.4 is 9.64 Å². The first-order valence-corrected chi connectivity index (χ1v) is 12.4. The molecule has 7 heteroatoms. The van der Waals surface area contributed by atoms with Crippen LogP contribution in [0.1, 0.15) is 16.7 Å². The highest BCUT2D eigenvalue weighted by molar-refractivity contribution is 14.1. The fourth-order valence-electron chi connectivity index (χ4n) is 3.45. The summed E-state index contributed by atoms with van der Waals surface area (Å²) in [6.07, 6.45) is 1.85. The number of hydrogen-bond acceptors (Lipinski definition) is 5. The number of rotatable bonds is 6. The maximum absolute atomic E-state index is 9.34. The van der Waals surface area contributed by atoms with Gasteiger partial charge in [0.15, 0.2) is 0 Å². The SMILES string of the molecule is N#Cc1ccccc1COc1c(I)cc(I)cc1C=Nc1ccc(N2CCOCC2)cc1. The van der Waals surface area contributed by atoms with Gasteiger partial charge in [0.25, 0.3) is 0 Å². The summed E-state index contributed by atoms with van der Waals surface area (Å²) < 4.78 is 13.7. The van der Waals surface area contributed by atoms with Crippen molar-refractivity contribution >= 4 is 62.8 Å². The molecule has 0 aliphatic carbocycles. The molecule has 1 saturated heterocycles. The van der Waals surface area contributed by atoms with Crippen LogP contribution in [0.3, 0.4) is 0 Å². The molecule has 32 heavy (non-hydrogen) atoms. The fourth-order valence-corrected chi connectivity index (χ4v) is 5.49. The van der Waals surface area contributed by atoms with E-state index in [4.69, 9.17) is 9.47 Å². The molecule has 5 nitrogen and oxygen atoms in total. The van der Waals surface area contributed by atoms with Crippen molar-refractivity contribution in [3.05, 3.63) is 84.5 Å². The minimum Gasteiger partial charge on any atom is -0.487 e. The maximum Gasteiger partial charge on any atom is 0.141 e. The van der Waals surface area contributed by atoms with Gasteiger partial charge in [0.2, 0.25) is 0 Å². The molecular weight excluding hydrogens is 628 g/mol. The van der Waals surface area contributed by atoms with Crippen molar-refractivity contribution in [3.8, 4) is 11.8 Å². The Morgan fingerprint density at radius 3 is 2.56 bits per heavy atom. The minimum atomic E-state index is 0.329. The van der Waals surface area contributed by atoms with Gasteiger partial charge in [-0.1, -0.05) is 18.2 Å². The molecule has 1 fully saturated rings. The average molecular weight is 649 g/mol. The van der Waals surface area contributed by atoms with E-state index in [1.807, 2.05) is 36.5 Å². The predicted octanol–water partition coefficient (Wildman–Crippen LogP) is 5.93. The van der Waals surface area contributed by atoms with Crippen LogP contribution >= 0.6 is 45.2 Å². The van der Waals surface area contributed by atoms with Crippen LogP contribution in [0.15, 0.2) is 65.7 Å². The number of hydrogen-bond donors (Lipinski definition) is 0. The molecule has 4 rings (SSSR count). The van der Waals surface area contributed by atoms with Crippen LogP contribution in [0.25, 0.3) is 0 Å². The molecule has 0 bridgehead atoms. The highest BCUT2D eigenvalue weighted by Gasteiger charge is 2.12. The van der Waals surface area contributed by atoms with Crippen molar-refractivity contribution < 1.29 is 9.47 Å². The lowest BCUT2D eigenvalue weighted by atomic mass is 10.1.